The van der Waals surface area contributed by atoms with E-state index in [1.807, 2.05) is 12.4 Å². The molecule has 0 spiro atoms. The second kappa shape index (κ2) is 10.9. The van der Waals surface area contributed by atoms with Crippen LogP contribution in [-0.4, -0.2) is 28.3 Å². The number of rotatable bonds is 11. The molecule has 25 heavy (non-hydrogen) atoms. The molecule has 0 amide bonds. The fourth-order valence-corrected chi connectivity index (χ4v) is 19.2. The van der Waals surface area contributed by atoms with Gasteiger partial charge in [-0.15, -0.1) is 0 Å². The van der Waals surface area contributed by atoms with Gasteiger partial charge < -0.3 is 0 Å². The second-order valence-electron chi connectivity index (χ2n) is 7.26. The molecular weight excluding hydrogens is 411 g/mol. The van der Waals surface area contributed by atoms with Crippen LogP contribution in [0.25, 0.3) is 11.1 Å². The van der Waals surface area contributed by atoms with Crippen LogP contribution in [0.3, 0.4) is 0 Å². The van der Waals surface area contributed by atoms with E-state index in [0.29, 0.717) is 0 Å². The van der Waals surface area contributed by atoms with E-state index in [4.69, 9.17) is 4.98 Å². The molecule has 0 saturated carbocycles. The second-order valence-corrected chi connectivity index (χ2v) is 20.3. The molecule has 0 saturated heterocycles. The molecule has 0 aliphatic heterocycles. The predicted molar refractivity (Wildman–Crippen MR) is 112 cm³/mol. The van der Waals surface area contributed by atoms with Crippen molar-refractivity contribution in [2.24, 2.45) is 0 Å². The van der Waals surface area contributed by atoms with Gasteiger partial charge in [0.15, 0.2) is 0 Å². The molecular formula is C22H34N2Sn. The molecule has 0 fully saturated rings. The van der Waals surface area contributed by atoms with Crippen molar-refractivity contribution in [2.75, 3.05) is 0 Å². The van der Waals surface area contributed by atoms with Crippen molar-refractivity contribution in [1.29, 1.82) is 0 Å². The Kier molecular flexibility index (Phi) is 8.94. The molecule has 3 heteroatoms. The molecule has 136 valence electrons. The van der Waals surface area contributed by atoms with Crippen molar-refractivity contribution >= 4 is 22.1 Å². The van der Waals surface area contributed by atoms with Crippen LogP contribution in [0.5, 0.6) is 0 Å². The van der Waals surface area contributed by atoms with Crippen molar-refractivity contribution in [3.63, 3.8) is 0 Å². The van der Waals surface area contributed by atoms with Gasteiger partial charge in [-0.25, -0.2) is 0 Å². The molecule has 2 aromatic heterocycles. The molecule has 0 aliphatic rings. The summed E-state index contributed by atoms with van der Waals surface area (Å²) >= 11 is -2.43. The third kappa shape index (κ3) is 5.80. The fourth-order valence-electron chi connectivity index (χ4n) is 3.75. The molecule has 2 nitrogen and oxygen atoms in total. The van der Waals surface area contributed by atoms with Crippen LogP contribution in [0.15, 0.2) is 42.9 Å². The van der Waals surface area contributed by atoms with Crippen molar-refractivity contribution in [2.45, 2.75) is 72.6 Å². The Hall–Kier alpha value is -0.901. The van der Waals surface area contributed by atoms with Gasteiger partial charge in [-0.05, 0) is 0 Å². The van der Waals surface area contributed by atoms with E-state index in [-0.39, 0.29) is 0 Å². The minimum absolute atomic E-state index is 1.26. The first kappa shape index (κ1) is 20.4. The maximum absolute atomic E-state index is 4.97. The normalized spacial score (nSPS) is 11.6. The van der Waals surface area contributed by atoms with Crippen molar-refractivity contribution in [3.05, 3.63) is 42.9 Å². The Labute approximate surface area is 158 Å². The van der Waals surface area contributed by atoms with Crippen LogP contribution in [0, 0.1) is 0 Å². The standard InChI is InChI=1S/C10H7N2.3C4H9.Sn/c1-5-11-6-2-9(1)10-3-7-12-8-4-10;3*1-3-4-2;/h1-7H;3*1,3-4H2,2H3;. The van der Waals surface area contributed by atoms with Gasteiger partial charge in [-0.3, -0.25) is 0 Å². The number of aromatic nitrogens is 2. The zero-order chi connectivity index (χ0) is 18.0. The number of nitrogens with zero attached hydrogens (tertiary/aromatic N) is 2. The van der Waals surface area contributed by atoms with Crippen LogP contribution in [-0.2, 0) is 0 Å². The average molecular weight is 445 g/mol. The van der Waals surface area contributed by atoms with Gasteiger partial charge in [0.25, 0.3) is 0 Å². The molecule has 0 bridgehead atoms. The summed E-state index contributed by atoms with van der Waals surface area (Å²) in [6, 6.07) is 8.82. The van der Waals surface area contributed by atoms with Gasteiger partial charge in [-0.2, -0.15) is 0 Å². The number of hydrogen-bond acceptors (Lipinski definition) is 2. The molecule has 2 heterocycles. The van der Waals surface area contributed by atoms with Crippen LogP contribution in [0.2, 0.25) is 13.3 Å². The number of hydrogen-bond donors (Lipinski definition) is 0. The van der Waals surface area contributed by atoms with Crippen LogP contribution in [0.1, 0.15) is 59.3 Å². The first-order valence-corrected chi connectivity index (χ1v) is 17.6. The molecule has 0 atom stereocenters. The summed E-state index contributed by atoms with van der Waals surface area (Å²) in [6.45, 7) is 6.99. The Balaban J connectivity index is 2.40. The number of unbranched alkanes of at least 4 members (excludes halogenated alkanes) is 3. The van der Waals surface area contributed by atoms with Crippen molar-refractivity contribution in [3.8, 4) is 11.1 Å². The molecule has 0 unspecified atom stereocenters. The van der Waals surface area contributed by atoms with Crippen LogP contribution in [0.4, 0.5) is 0 Å². The zero-order valence-corrected chi connectivity index (χ0v) is 19.2. The Morgan fingerprint density at radius 3 is 1.76 bits per heavy atom. The van der Waals surface area contributed by atoms with E-state index in [9.17, 15) is 0 Å². The molecule has 0 aromatic carbocycles. The van der Waals surface area contributed by atoms with Crippen molar-refractivity contribution in [1.82, 2.24) is 9.97 Å². The van der Waals surface area contributed by atoms with E-state index in [2.05, 4.69) is 56.2 Å². The van der Waals surface area contributed by atoms with Gasteiger partial charge in [0.1, 0.15) is 0 Å². The van der Waals surface area contributed by atoms with Gasteiger partial charge in [0.2, 0.25) is 0 Å². The third-order valence-corrected chi connectivity index (χ3v) is 20.4. The summed E-state index contributed by atoms with van der Waals surface area (Å²) < 4.78 is 5.92. The average Bonchev–Trinajstić information content (AvgIpc) is 2.68. The number of pyridine rings is 2. The van der Waals surface area contributed by atoms with E-state index in [0.717, 1.165) is 0 Å². The van der Waals surface area contributed by atoms with Gasteiger partial charge >= 0.3 is 159 Å². The minimum atomic E-state index is -2.43. The summed E-state index contributed by atoms with van der Waals surface area (Å²) in [5, 5.41) is 0. The van der Waals surface area contributed by atoms with Crippen LogP contribution < -0.4 is 3.71 Å². The van der Waals surface area contributed by atoms with E-state index in [1.54, 1.807) is 0 Å². The summed E-state index contributed by atoms with van der Waals surface area (Å²) in [7, 11) is 0. The molecule has 0 radical (unpaired) electrons. The topological polar surface area (TPSA) is 25.8 Å². The zero-order valence-electron chi connectivity index (χ0n) is 16.3. The predicted octanol–water partition coefficient (Wildman–Crippen LogP) is 6.20. The Morgan fingerprint density at radius 2 is 1.24 bits per heavy atom. The SMILES string of the molecule is CCC[CH2][Sn]([CH2]CCC)([CH2]CCC)[c]1cc(-c2ccncc2)ccn1. The molecule has 0 N–H and O–H groups in total. The molecule has 2 rings (SSSR count). The summed E-state index contributed by atoms with van der Waals surface area (Å²) in [5.41, 5.74) is 2.58. The van der Waals surface area contributed by atoms with Gasteiger partial charge in [0, 0.05) is 0 Å². The fraction of sp³-hybridized carbons (Fsp3) is 0.545. The first-order chi connectivity index (χ1) is 12.3. The van der Waals surface area contributed by atoms with E-state index < -0.39 is 18.4 Å². The molecule has 0 aliphatic carbocycles. The van der Waals surface area contributed by atoms with Crippen LogP contribution >= 0.6 is 0 Å². The third-order valence-electron chi connectivity index (χ3n) is 5.34. The quantitative estimate of drug-likeness (QED) is 0.385. The van der Waals surface area contributed by atoms with Gasteiger partial charge in [-0.1, -0.05) is 0 Å². The summed E-state index contributed by atoms with van der Waals surface area (Å²) in [4.78, 5) is 9.13. The van der Waals surface area contributed by atoms with E-state index in [1.165, 1.54) is 66.7 Å². The first-order valence-electron chi connectivity index (χ1n) is 10.1. The summed E-state index contributed by atoms with van der Waals surface area (Å²) in [6.07, 6.45) is 13.9. The van der Waals surface area contributed by atoms with Gasteiger partial charge in [0.05, 0.1) is 0 Å². The maximum atomic E-state index is 4.97. The van der Waals surface area contributed by atoms with Crippen molar-refractivity contribution < 1.29 is 0 Å². The Morgan fingerprint density at radius 1 is 0.720 bits per heavy atom. The molecule has 2 aromatic rings. The van der Waals surface area contributed by atoms with E-state index >= 15 is 0 Å². The summed E-state index contributed by atoms with van der Waals surface area (Å²) in [5.74, 6) is 0. The Bertz CT molecular complexity index is 591. The monoisotopic (exact) mass is 446 g/mol.